The molecule has 5 aromatic rings. The molecule has 1 atom stereocenters. The molecular formula is C33H34N2O8. The molecule has 0 bridgehead atoms. The molecule has 0 aliphatic carbocycles. The Kier molecular flexibility index (Phi) is 8.58. The lowest BCUT2D eigenvalue weighted by Gasteiger charge is -2.26. The van der Waals surface area contributed by atoms with E-state index in [1.165, 1.54) is 0 Å². The Labute approximate surface area is 248 Å². The fourth-order valence-electron chi connectivity index (χ4n) is 5.24. The second kappa shape index (κ2) is 12.5. The molecular weight excluding hydrogens is 552 g/mol. The van der Waals surface area contributed by atoms with Gasteiger partial charge >= 0.3 is 5.63 Å². The molecule has 2 heterocycles. The van der Waals surface area contributed by atoms with E-state index >= 15 is 0 Å². The van der Waals surface area contributed by atoms with Crippen LogP contribution in [0.5, 0.6) is 23.0 Å². The summed E-state index contributed by atoms with van der Waals surface area (Å²) in [5.41, 5.74) is 2.23. The number of para-hydroxylation sites is 1. The van der Waals surface area contributed by atoms with Gasteiger partial charge in [-0.2, -0.15) is 0 Å². The van der Waals surface area contributed by atoms with Gasteiger partial charge in [-0.25, -0.2) is 4.79 Å². The van der Waals surface area contributed by atoms with Gasteiger partial charge in [0.05, 0.1) is 46.3 Å². The van der Waals surface area contributed by atoms with Gasteiger partial charge in [-0.15, -0.1) is 0 Å². The van der Waals surface area contributed by atoms with Gasteiger partial charge in [-0.3, -0.25) is 4.79 Å². The number of fused-ring (bicyclic) bond motifs is 3. The lowest BCUT2D eigenvalue weighted by molar-refractivity contribution is -0.120. The van der Waals surface area contributed by atoms with Gasteiger partial charge in [0.1, 0.15) is 22.5 Å². The van der Waals surface area contributed by atoms with Crippen LogP contribution < -0.4 is 29.9 Å². The number of benzene rings is 3. The lowest BCUT2D eigenvalue weighted by atomic mass is 10.0. The first-order chi connectivity index (χ1) is 20.8. The number of rotatable bonds is 11. The van der Waals surface area contributed by atoms with Crippen LogP contribution in [0.25, 0.3) is 33.3 Å². The van der Waals surface area contributed by atoms with Crippen molar-refractivity contribution in [1.29, 1.82) is 0 Å². The van der Waals surface area contributed by atoms with Gasteiger partial charge in [0.25, 0.3) is 0 Å². The number of ether oxygens (including phenoxy) is 4. The molecule has 0 spiro atoms. The molecule has 2 aromatic heterocycles. The number of furan rings is 1. The minimum absolute atomic E-state index is 0.104. The van der Waals surface area contributed by atoms with Crippen LogP contribution in [0.2, 0.25) is 0 Å². The molecule has 0 saturated heterocycles. The third-order valence-electron chi connectivity index (χ3n) is 7.42. The quantitative estimate of drug-likeness (QED) is 0.209. The second-order valence-electron chi connectivity index (χ2n) is 10.1. The van der Waals surface area contributed by atoms with Crippen molar-refractivity contribution in [2.75, 3.05) is 49.1 Å². The number of amides is 1. The van der Waals surface area contributed by atoms with Gasteiger partial charge in [0.15, 0.2) is 17.1 Å². The highest BCUT2D eigenvalue weighted by atomic mass is 16.5. The minimum atomic E-state index is -0.566. The highest BCUT2D eigenvalue weighted by Crippen LogP contribution is 2.40. The summed E-state index contributed by atoms with van der Waals surface area (Å²) in [4.78, 5) is 28.7. The number of nitrogens with one attached hydrogen (secondary N) is 1. The monoisotopic (exact) mass is 586 g/mol. The Bertz CT molecular complexity index is 1800. The third kappa shape index (κ3) is 5.74. The van der Waals surface area contributed by atoms with E-state index in [4.69, 9.17) is 27.8 Å². The number of hydrogen-bond acceptors (Lipinski definition) is 9. The van der Waals surface area contributed by atoms with Crippen molar-refractivity contribution in [2.24, 2.45) is 0 Å². The molecule has 10 nitrogen and oxygen atoms in total. The van der Waals surface area contributed by atoms with E-state index in [1.54, 1.807) is 52.7 Å². The number of carbonyl (C=O) groups is 1. The predicted molar refractivity (Wildman–Crippen MR) is 163 cm³/mol. The molecule has 0 radical (unpaired) electrons. The average Bonchev–Trinajstić information content (AvgIpc) is 3.40. The summed E-state index contributed by atoms with van der Waals surface area (Å²) in [6.07, 6.45) is -0.104. The highest BCUT2D eigenvalue weighted by molar-refractivity contribution is 6.05. The average molecular weight is 587 g/mol. The molecule has 1 N–H and O–H groups in total. The molecule has 1 unspecified atom stereocenters. The first-order valence-electron chi connectivity index (χ1n) is 13.6. The van der Waals surface area contributed by atoms with Crippen molar-refractivity contribution in [3.63, 3.8) is 0 Å². The van der Waals surface area contributed by atoms with E-state index in [2.05, 4.69) is 5.32 Å². The summed E-state index contributed by atoms with van der Waals surface area (Å²) in [5, 5.41) is 3.93. The van der Waals surface area contributed by atoms with Crippen LogP contribution in [-0.2, 0) is 11.2 Å². The standard InChI is InChI=1S/C33H34N2O8/c1-35(2)24(20-15-26(39-4)32(41-6)27(16-20)40-5)18-34-28(36)17-23-29-31(22-9-7-8-10-25(22)42-33(29)37)43-30(23)19-11-13-21(38-3)14-12-19/h7-16,24H,17-18H2,1-6H3,(H,34,36). The largest absolute Gasteiger partial charge is 0.497 e. The summed E-state index contributed by atoms with van der Waals surface area (Å²) in [7, 11) is 10.1. The molecule has 0 saturated carbocycles. The molecule has 0 aliphatic rings. The molecule has 1 amide bonds. The summed E-state index contributed by atoms with van der Waals surface area (Å²) in [5.74, 6) is 2.32. The molecule has 224 valence electrons. The van der Waals surface area contributed by atoms with Gasteiger partial charge in [-0.05, 0) is 68.2 Å². The van der Waals surface area contributed by atoms with E-state index in [0.29, 0.717) is 56.4 Å². The molecule has 0 aliphatic heterocycles. The third-order valence-corrected chi connectivity index (χ3v) is 7.42. The maximum atomic E-state index is 13.5. The van der Waals surface area contributed by atoms with E-state index in [-0.39, 0.29) is 30.3 Å². The van der Waals surface area contributed by atoms with Gasteiger partial charge in [0, 0.05) is 17.7 Å². The van der Waals surface area contributed by atoms with Crippen LogP contribution in [0.3, 0.4) is 0 Å². The maximum absolute atomic E-state index is 13.5. The smallest absolute Gasteiger partial charge is 0.347 e. The van der Waals surface area contributed by atoms with Gasteiger partial charge in [-0.1, -0.05) is 12.1 Å². The van der Waals surface area contributed by atoms with Crippen molar-refractivity contribution in [1.82, 2.24) is 10.2 Å². The number of likely N-dealkylation sites (N-methyl/N-ethyl adjacent to an activating group) is 1. The Hall–Kier alpha value is -4.96. The molecule has 10 heteroatoms. The van der Waals surface area contributed by atoms with Crippen molar-refractivity contribution < 1.29 is 32.6 Å². The van der Waals surface area contributed by atoms with Crippen molar-refractivity contribution >= 4 is 27.8 Å². The lowest BCUT2D eigenvalue weighted by Crippen LogP contribution is -2.35. The Balaban J connectivity index is 1.50. The molecule has 5 rings (SSSR count). The fraction of sp³-hybridized carbons (Fsp3) is 0.273. The van der Waals surface area contributed by atoms with Gasteiger partial charge in [0.2, 0.25) is 11.7 Å². The zero-order chi connectivity index (χ0) is 30.7. The van der Waals surface area contributed by atoms with E-state index in [9.17, 15) is 9.59 Å². The Morgan fingerprint density at radius 3 is 2.16 bits per heavy atom. The van der Waals surface area contributed by atoms with Crippen LogP contribution in [-0.4, -0.2) is 59.9 Å². The first kappa shape index (κ1) is 29.5. The van der Waals surface area contributed by atoms with Gasteiger partial charge < -0.3 is 38.0 Å². The SMILES string of the molecule is COc1ccc(-c2oc3c(c2CC(=O)NCC(c2cc(OC)c(OC)c(OC)c2)N(C)C)c(=O)oc2ccccc23)cc1. The first-order valence-corrected chi connectivity index (χ1v) is 13.6. The van der Waals surface area contributed by atoms with Crippen molar-refractivity contribution in [2.45, 2.75) is 12.5 Å². The topological polar surface area (TPSA) is 113 Å². The minimum Gasteiger partial charge on any atom is -0.497 e. The zero-order valence-corrected chi connectivity index (χ0v) is 25.0. The maximum Gasteiger partial charge on any atom is 0.347 e. The highest BCUT2D eigenvalue weighted by Gasteiger charge is 2.25. The normalized spacial score (nSPS) is 12.0. The second-order valence-corrected chi connectivity index (χ2v) is 10.1. The van der Waals surface area contributed by atoms with Crippen LogP contribution in [0, 0.1) is 0 Å². The summed E-state index contributed by atoms with van der Waals surface area (Å²) >= 11 is 0. The molecule has 0 fully saturated rings. The number of carbonyl (C=O) groups excluding carboxylic acids is 1. The summed E-state index contributed by atoms with van der Waals surface area (Å²) in [6, 6.07) is 17.9. The zero-order valence-electron chi connectivity index (χ0n) is 25.0. The predicted octanol–water partition coefficient (Wildman–Crippen LogP) is 5.20. The van der Waals surface area contributed by atoms with Crippen LogP contribution >= 0.6 is 0 Å². The van der Waals surface area contributed by atoms with E-state index in [1.807, 2.05) is 55.4 Å². The summed E-state index contributed by atoms with van der Waals surface area (Å²) in [6.45, 7) is 0.273. The molecule has 3 aromatic carbocycles. The Morgan fingerprint density at radius 2 is 1.56 bits per heavy atom. The number of methoxy groups -OCH3 is 4. The number of nitrogens with zero attached hydrogens (tertiary/aromatic N) is 1. The van der Waals surface area contributed by atoms with E-state index in [0.717, 1.165) is 5.56 Å². The number of hydrogen-bond donors (Lipinski definition) is 1. The fourth-order valence-corrected chi connectivity index (χ4v) is 5.24. The summed E-state index contributed by atoms with van der Waals surface area (Å²) < 4.78 is 33.8. The van der Waals surface area contributed by atoms with Crippen LogP contribution in [0.4, 0.5) is 0 Å². The Morgan fingerprint density at radius 1 is 0.884 bits per heavy atom. The van der Waals surface area contributed by atoms with Crippen LogP contribution in [0.15, 0.2) is 74.3 Å². The van der Waals surface area contributed by atoms with E-state index < -0.39 is 5.63 Å². The molecule has 43 heavy (non-hydrogen) atoms. The van der Waals surface area contributed by atoms with Crippen molar-refractivity contribution in [3.8, 4) is 34.3 Å². The van der Waals surface area contributed by atoms with Crippen molar-refractivity contribution in [3.05, 3.63) is 82.2 Å². The van der Waals surface area contributed by atoms with Crippen LogP contribution in [0.1, 0.15) is 17.2 Å².